The van der Waals surface area contributed by atoms with Crippen LogP contribution in [0, 0.1) is 5.92 Å². The summed E-state index contributed by atoms with van der Waals surface area (Å²) in [4.78, 5) is 35.7. The first kappa shape index (κ1) is 19.4. The van der Waals surface area contributed by atoms with Gasteiger partial charge >= 0.3 is 18.0 Å². The number of hydrogen-bond donors (Lipinski definition) is 4. The number of rotatable bonds is 8. The molecule has 0 fully saturated rings. The molecule has 1 rings (SSSR count). The van der Waals surface area contributed by atoms with Gasteiger partial charge in [0.25, 0.3) is 0 Å². The molecule has 2 atom stereocenters. The lowest BCUT2D eigenvalue weighted by Crippen LogP contribution is -2.49. The number of carbonyl (C=O) groups is 3. The molecule has 0 spiro atoms. The average molecular weight is 338 g/mol. The van der Waals surface area contributed by atoms with Crippen molar-refractivity contribution in [3.8, 4) is 0 Å². The fourth-order valence-corrected chi connectivity index (χ4v) is 2.12. The maximum atomic E-state index is 12.4. The third-order valence-corrected chi connectivity index (χ3v) is 3.20. The first-order valence-electron chi connectivity index (χ1n) is 7.46. The van der Waals surface area contributed by atoms with Crippen LogP contribution in [0.1, 0.15) is 25.5 Å². The Morgan fingerprint density at radius 3 is 2.08 bits per heavy atom. The zero-order valence-electron chi connectivity index (χ0n) is 13.5. The number of nitrogens with one attached hydrogen (secondary N) is 1. The van der Waals surface area contributed by atoms with E-state index in [0.29, 0.717) is 5.56 Å². The standard InChI is InChI=1S/C16H22N2O6/c1-10(2)8-18(9-12(19)14(20)21)16(24)17-13(15(22)23)11-6-4-3-5-7-11/h3-7,10,12-13,19H,8-9H2,1-2H3,(H,17,24)(H,20,21)(H,22,23)/t12?,13-/m0/s1. The molecule has 1 aromatic rings. The van der Waals surface area contributed by atoms with E-state index in [1.54, 1.807) is 30.3 Å². The number of aliphatic carboxylic acids is 2. The van der Waals surface area contributed by atoms with Crippen LogP contribution in [0.15, 0.2) is 30.3 Å². The fraction of sp³-hybridized carbons (Fsp3) is 0.438. The predicted molar refractivity (Wildman–Crippen MR) is 85.4 cm³/mol. The number of nitrogens with zero attached hydrogens (tertiary/aromatic N) is 1. The smallest absolute Gasteiger partial charge is 0.334 e. The molecule has 1 unspecified atom stereocenters. The molecule has 0 aliphatic rings. The van der Waals surface area contributed by atoms with Crippen LogP contribution in [0.2, 0.25) is 0 Å². The number of carboxylic acids is 2. The van der Waals surface area contributed by atoms with E-state index >= 15 is 0 Å². The van der Waals surface area contributed by atoms with Crippen LogP contribution in [-0.4, -0.2) is 57.4 Å². The summed E-state index contributed by atoms with van der Waals surface area (Å²) in [5.74, 6) is -2.68. The minimum Gasteiger partial charge on any atom is -0.479 e. The van der Waals surface area contributed by atoms with Crippen molar-refractivity contribution in [2.24, 2.45) is 5.92 Å². The lowest BCUT2D eigenvalue weighted by Gasteiger charge is -2.27. The van der Waals surface area contributed by atoms with Gasteiger partial charge in [0.2, 0.25) is 0 Å². The van der Waals surface area contributed by atoms with Crippen molar-refractivity contribution in [3.05, 3.63) is 35.9 Å². The molecular weight excluding hydrogens is 316 g/mol. The Morgan fingerprint density at radius 1 is 1.04 bits per heavy atom. The van der Waals surface area contributed by atoms with E-state index in [9.17, 15) is 24.6 Å². The molecule has 8 nitrogen and oxygen atoms in total. The van der Waals surface area contributed by atoms with Gasteiger partial charge in [-0.2, -0.15) is 0 Å². The third kappa shape index (κ3) is 5.88. The molecule has 0 heterocycles. The van der Waals surface area contributed by atoms with E-state index in [2.05, 4.69) is 5.32 Å². The van der Waals surface area contributed by atoms with E-state index in [0.717, 1.165) is 4.90 Å². The zero-order chi connectivity index (χ0) is 18.3. The van der Waals surface area contributed by atoms with Gasteiger partial charge in [0.05, 0.1) is 6.54 Å². The number of urea groups is 1. The van der Waals surface area contributed by atoms with Crippen LogP contribution >= 0.6 is 0 Å². The van der Waals surface area contributed by atoms with Crippen LogP contribution in [-0.2, 0) is 9.59 Å². The summed E-state index contributed by atoms with van der Waals surface area (Å²) in [5, 5.41) is 30.0. The number of aliphatic hydroxyl groups excluding tert-OH is 1. The molecule has 8 heteroatoms. The van der Waals surface area contributed by atoms with Gasteiger partial charge in [-0.1, -0.05) is 44.2 Å². The molecule has 132 valence electrons. The lowest BCUT2D eigenvalue weighted by atomic mass is 10.1. The summed E-state index contributed by atoms with van der Waals surface area (Å²) in [6.07, 6.45) is -1.74. The summed E-state index contributed by atoms with van der Waals surface area (Å²) in [7, 11) is 0. The maximum Gasteiger partial charge on any atom is 0.334 e. The Labute approximate surface area is 139 Å². The van der Waals surface area contributed by atoms with Crippen LogP contribution < -0.4 is 5.32 Å². The molecule has 0 aromatic heterocycles. The number of aliphatic hydroxyl groups is 1. The number of carboxylic acid groups (broad SMARTS) is 2. The molecule has 0 saturated heterocycles. The molecule has 4 N–H and O–H groups in total. The Hall–Kier alpha value is -2.61. The Kier molecular flexibility index (Phi) is 7.19. The highest BCUT2D eigenvalue weighted by Crippen LogP contribution is 2.14. The van der Waals surface area contributed by atoms with Gasteiger partial charge in [-0.15, -0.1) is 0 Å². The molecular formula is C16H22N2O6. The van der Waals surface area contributed by atoms with Gasteiger partial charge in [0.1, 0.15) is 0 Å². The molecule has 0 aliphatic carbocycles. The minimum absolute atomic E-state index is 0.0109. The molecule has 0 aliphatic heterocycles. The topological polar surface area (TPSA) is 127 Å². The van der Waals surface area contributed by atoms with Crippen LogP contribution in [0.25, 0.3) is 0 Å². The van der Waals surface area contributed by atoms with Crippen LogP contribution in [0.3, 0.4) is 0 Å². The first-order valence-corrected chi connectivity index (χ1v) is 7.46. The van der Waals surface area contributed by atoms with E-state index < -0.39 is 36.7 Å². The second-order valence-corrected chi connectivity index (χ2v) is 5.78. The second-order valence-electron chi connectivity index (χ2n) is 5.78. The Morgan fingerprint density at radius 2 is 1.62 bits per heavy atom. The van der Waals surface area contributed by atoms with Crippen molar-refractivity contribution >= 4 is 18.0 Å². The van der Waals surface area contributed by atoms with Crippen molar-refractivity contribution in [3.63, 3.8) is 0 Å². The average Bonchev–Trinajstić information content (AvgIpc) is 2.51. The van der Waals surface area contributed by atoms with E-state index in [1.807, 2.05) is 13.8 Å². The van der Waals surface area contributed by atoms with Gasteiger partial charge in [-0.3, -0.25) is 0 Å². The van der Waals surface area contributed by atoms with E-state index in [-0.39, 0.29) is 12.5 Å². The molecule has 0 saturated carbocycles. The Balaban J connectivity index is 2.91. The summed E-state index contributed by atoms with van der Waals surface area (Å²) in [6, 6.07) is 6.14. The number of amides is 2. The zero-order valence-corrected chi connectivity index (χ0v) is 13.5. The maximum absolute atomic E-state index is 12.4. The number of hydrogen-bond acceptors (Lipinski definition) is 4. The lowest BCUT2D eigenvalue weighted by molar-refractivity contribution is -0.147. The predicted octanol–water partition coefficient (Wildman–Crippen LogP) is 0.925. The van der Waals surface area contributed by atoms with Gasteiger partial charge in [0.15, 0.2) is 12.1 Å². The number of benzene rings is 1. The summed E-state index contributed by atoms with van der Waals surface area (Å²) >= 11 is 0. The van der Waals surface area contributed by atoms with Gasteiger partial charge in [0, 0.05) is 6.54 Å². The summed E-state index contributed by atoms with van der Waals surface area (Å²) < 4.78 is 0. The Bertz CT molecular complexity index is 575. The fourth-order valence-electron chi connectivity index (χ4n) is 2.12. The SMILES string of the molecule is CC(C)CN(CC(O)C(=O)O)C(=O)N[C@H](C(=O)O)c1ccccc1. The molecule has 0 radical (unpaired) electrons. The van der Waals surface area contributed by atoms with Gasteiger partial charge in [-0.25, -0.2) is 14.4 Å². The molecule has 1 aromatic carbocycles. The van der Waals surface area contributed by atoms with Crippen molar-refractivity contribution in [1.29, 1.82) is 0 Å². The summed E-state index contributed by atoms with van der Waals surface area (Å²) in [6.45, 7) is 3.39. The number of carbonyl (C=O) groups excluding carboxylic acids is 1. The summed E-state index contributed by atoms with van der Waals surface area (Å²) in [5.41, 5.74) is 0.390. The van der Waals surface area contributed by atoms with E-state index in [4.69, 9.17) is 5.11 Å². The minimum atomic E-state index is -1.74. The van der Waals surface area contributed by atoms with Crippen molar-refractivity contribution in [1.82, 2.24) is 10.2 Å². The normalized spacial score (nSPS) is 13.2. The quantitative estimate of drug-likeness (QED) is 0.558. The largest absolute Gasteiger partial charge is 0.479 e. The first-order chi connectivity index (χ1) is 11.2. The highest BCUT2D eigenvalue weighted by atomic mass is 16.4. The highest BCUT2D eigenvalue weighted by Gasteiger charge is 2.27. The molecule has 24 heavy (non-hydrogen) atoms. The van der Waals surface area contributed by atoms with Crippen LogP contribution in [0.4, 0.5) is 4.79 Å². The third-order valence-electron chi connectivity index (χ3n) is 3.20. The van der Waals surface area contributed by atoms with Crippen molar-refractivity contribution < 1.29 is 29.7 Å². The van der Waals surface area contributed by atoms with E-state index in [1.165, 1.54) is 0 Å². The van der Waals surface area contributed by atoms with Crippen molar-refractivity contribution in [2.45, 2.75) is 26.0 Å². The van der Waals surface area contributed by atoms with Gasteiger partial charge in [-0.05, 0) is 11.5 Å². The highest BCUT2D eigenvalue weighted by molar-refractivity contribution is 5.84. The second kappa shape index (κ2) is 8.88. The van der Waals surface area contributed by atoms with Crippen LogP contribution in [0.5, 0.6) is 0 Å². The van der Waals surface area contributed by atoms with Crippen molar-refractivity contribution in [2.75, 3.05) is 13.1 Å². The molecule has 2 amide bonds. The molecule has 0 bridgehead atoms. The van der Waals surface area contributed by atoms with Gasteiger partial charge < -0.3 is 25.5 Å². The monoisotopic (exact) mass is 338 g/mol.